The Morgan fingerprint density at radius 2 is 1.92 bits per heavy atom. The number of nitrogens with zero attached hydrogens (tertiary/aromatic N) is 1. The molecule has 1 atom stereocenters. The van der Waals surface area contributed by atoms with Crippen LogP contribution in [-0.2, 0) is 10.3 Å². The van der Waals surface area contributed by atoms with Crippen molar-refractivity contribution in [1.82, 2.24) is 10.2 Å². The van der Waals surface area contributed by atoms with Crippen LogP contribution in [0.2, 0.25) is 10.0 Å². The summed E-state index contributed by atoms with van der Waals surface area (Å²) in [6, 6.07) is 11.9. The minimum atomic E-state index is -1.23. The van der Waals surface area contributed by atoms with Gasteiger partial charge in [0.2, 0.25) is 0 Å². The first kappa shape index (κ1) is 18.5. The maximum atomic E-state index is 12.9. The minimum absolute atomic E-state index is 0.138. The summed E-state index contributed by atoms with van der Waals surface area (Å²) in [6.07, 6.45) is 0. The number of rotatable bonds is 5. The molecule has 1 heterocycles. The molecule has 1 fully saturated rings. The first-order valence-corrected chi connectivity index (χ1v) is 8.86. The Bertz CT molecular complexity index is 872. The molecule has 26 heavy (non-hydrogen) atoms. The van der Waals surface area contributed by atoms with Crippen molar-refractivity contribution in [2.75, 3.05) is 13.2 Å². The lowest BCUT2D eigenvalue weighted by Crippen LogP contribution is -2.41. The van der Waals surface area contributed by atoms with Crippen LogP contribution in [0.4, 0.5) is 4.79 Å². The highest BCUT2D eigenvalue weighted by Crippen LogP contribution is 2.34. The molecule has 0 saturated carbocycles. The van der Waals surface area contributed by atoms with Gasteiger partial charge in [-0.25, -0.2) is 4.79 Å². The van der Waals surface area contributed by atoms with Gasteiger partial charge in [-0.2, -0.15) is 0 Å². The molecule has 1 aliphatic rings. The quantitative estimate of drug-likeness (QED) is 0.777. The number of benzene rings is 2. The van der Waals surface area contributed by atoms with Crippen molar-refractivity contribution in [3.63, 3.8) is 0 Å². The summed E-state index contributed by atoms with van der Waals surface area (Å²) in [5.74, 6) is 0.320. The van der Waals surface area contributed by atoms with Gasteiger partial charge >= 0.3 is 6.03 Å². The first-order valence-electron chi connectivity index (χ1n) is 8.10. The van der Waals surface area contributed by atoms with Crippen LogP contribution in [0.25, 0.3) is 0 Å². The average Bonchev–Trinajstić information content (AvgIpc) is 2.78. The maximum absolute atomic E-state index is 12.9. The van der Waals surface area contributed by atoms with E-state index in [0.29, 0.717) is 21.4 Å². The number of hydrogen-bond donors (Lipinski definition) is 1. The van der Waals surface area contributed by atoms with Gasteiger partial charge in [0.15, 0.2) is 0 Å². The number of hydrogen-bond acceptors (Lipinski definition) is 3. The molecular weight excluding hydrogens is 375 g/mol. The Labute approximate surface area is 161 Å². The molecule has 1 saturated heterocycles. The van der Waals surface area contributed by atoms with Crippen LogP contribution in [0.15, 0.2) is 42.5 Å². The van der Waals surface area contributed by atoms with Crippen molar-refractivity contribution in [3.05, 3.63) is 63.6 Å². The Kier molecular flexibility index (Phi) is 5.12. The molecule has 0 radical (unpaired) electrons. The van der Waals surface area contributed by atoms with Crippen LogP contribution in [0.3, 0.4) is 0 Å². The van der Waals surface area contributed by atoms with Crippen molar-refractivity contribution in [2.45, 2.75) is 19.4 Å². The lowest BCUT2D eigenvalue weighted by Gasteiger charge is -2.23. The molecule has 2 aromatic rings. The lowest BCUT2D eigenvalue weighted by molar-refractivity contribution is -0.131. The van der Waals surface area contributed by atoms with Crippen LogP contribution < -0.4 is 10.1 Å². The van der Waals surface area contributed by atoms with Gasteiger partial charge in [-0.15, -0.1) is 0 Å². The van der Waals surface area contributed by atoms with E-state index in [-0.39, 0.29) is 19.1 Å². The summed E-state index contributed by atoms with van der Waals surface area (Å²) in [5, 5.41) is 3.51. The second kappa shape index (κ2) is 7.17. The topological polar surface area (TPSA) is 58.6 Å². The Morgan fingerprint density at radius 1 is 1.15 bits per heavy atom. The number of nitrogens with one attached hydrogen (secondary N) is 1. The third kappa shape index (κ3) is 3.50. The number of ether oxygens (including phenoxy) is 1. The first-order chi connectivity index (χ1) is 12.3. The molecule has 7 heteroatoms. The van der Waals surface area contributed by atoms with Gasteiger partial charge in [-0.05, 0) is 43.7 Å². The van der Waals surface area contributed by atoms with Crippen LogP contribution in [0, 0.1) is 6.92 Å². The fourth-order valence-corrected chi connectivity index (χ4v) is 3.53. The van der Waals surface area contributed by atoms with Crippen molar-refractivity contribution in [1.29, 1.82) is 0 Å². The molecule has 3 rings (SSSR count). The molecule has 0 aliphatic carbocycles. The third-order valence-corrected chi connectivity index (χ3v) is 4.87. The summed E-state index contributed by atoms with van der Waals surface area (Å²) >= 11 is 12.1. The van der Waals surface area contributed by atoms with Gasteiger partial charge in [0.05, 0.1) is 6.54 Å². The van der Waals surface area contributed by atoms with Crippen LogP contribution in [0.1, 0.15) is 18.1 Å². The van der Waals surface area contributed by atoms with Gasteiger partial charge in [-0.3, -0.25) is 9.69 Å². The standard InChI is InChI=1S/C19H18Cl2N2O3/c1-12-4-3-5-14(10-12)26-9-8-23-17(24)19(2,22-18(23)25)15-7-6-13(20)11-16(15)21/h3-7,10-11H,8-9H2,1-2H3,(H,22,25)/t19-/m0/s1. The molecular formula is C19H18Cl2N2O3. The summed E-state index contributed by atoms with van der Waals surface area (Å²) < 4.78 is 5.64. The van der Waals surface area contributed by atoms with Gasteiger partial charge in [0, 0.05) is 15.6 Å². The monoisotopic (exact) mass is 392 g/mol. The van der Waals surface area contributed by atoms with E-state index in [2.05, 4.69) is 5.32 Å². The minimum Gasteiger partial charge on any atom is -0.492 e. The van der Waals surface area contributed by atoms with Crippen molar-refractivity contribution < 1.29 is 14.3 Å². The van der Waals surface area contributed by atoms with Gasteiger partial charge in [0.1, 0.15) is 17.9 Å². The zero-order chi connectivity index (χ0) is 18.9. The molecule has 0 unspecified atom stereocenters. The van der Waals surface area contributed by atoms with Crippen molar-refractivity contribution in [2.24, 2.45) is 0 Å². The van der Waals surface area contributed by atoms with E-state index in [1.165, 1.54) is 0 Å². The number of carbonyl (C=O) groups is 2. The number of amides is 3. The zero-order valence-electron chi connectivity index (χ0n) is 14.4. The van der Waals surface area contributed by atoms with Crippen molar-refractivity contribution in [3.8, 4) is 5.75 Å². The molecule has 0 aromatic heterocycles. The number of imide groups is 1. The molecule has 3 amide bonds. The molecule has 1 N–H and O–H groups in total. The highest BCUT2D eigenvalue weighted by molar-refractivity contribution is 6.35. The smallest absolute Gasteiger partial charge is 0.325 e. The second-order valence-electron chi connectivity index (χ2n) is 6.30. The van der Waals surface area contributed by atoms with E-state index in [4.69, 9.17) is 27.9 Å². The SMILES string of the molecule is Cc1cccc(OCCN2C(=O)N[C@@](C)(c3ccc(Cl)cc3Cl)C2=O)c1. The Hall–Kier alpha value is -2.24. The van der Waals surface area contributed by atoms with E-state index in [1.54, 1.807) is 25.1 Å². The normalized spacial score (nSPS) is 19.6. The van der Waals surface area contributed by atoms with E-state index in [0.717, 1.165) is 10.5 Å². The number of aryl methyl sites for hydroxylation is 1. The second-order valence-corrected chi connectivity index (χ2v) is 7.14. The molecule has 2 aromatic carbocycles. The fourth-order valence-electron chi connectivity index (χ4n) is 2.94. The lowest BCUT2D eigenvalue weighted by atomic mass is 9.92. The predicted octanol–water partition coefficient (Wildman–Crippen LogP) is 4.15. The Balaban J connectivity index is 1.72. The molecule has 5 nitrogen and oxygen atoms in total. The summed E-state index contributed by atoms with van der Waals surface area (Å²) in [4.78, 5) is 26.3. The van der Waals surface area contributed by atoms with E-state index in [1.807, 2.05) is 31.2 Å². The highest BCUT2D eigenvalue weighted by atomic mass is 35.5. The number of halogens is 2. The van der Waals surface area contributed by atoms with Crippen molar-refractivity contribution >= 4 is 35.1 Å². The summed E-state index contributed by atoms with van der Waals surface area (Å²) in [5.41, 5.74) is 0.341. The molecule has 1 aliphatic heterocycles. The number of urea groups is 1. The van der Waals surface area contributed by atoms with Crippen LogP contribution in [-0.4, -0.2) is 30.0 Å². The molecule has 0 bridgehead atoms. The van der Waals surface area contributed by atoms with E-state index >= 15 is 0 Å². The third-order valence-electron chi connectivity index (χ3n) is 4.32. The maximum Gasteiger partial charge on any atom is 0.325 e. The zero-order valence-corrected chi connectivity index (χ0v) is 15.9. The highest BCUT2D eigenvalue weighted by Gasteiger charge is 2.49. The van der Waals surface area contributed by atoms with E-state index in [9.17, 15) is 9.59 Å². The average molecular weight is 393 g/mol. The summed E-state index contributed by atoms with van der Waals surface area (Å²) in [6.45, 7) is 3.93. The van der Waals surface area contributed by atoms with Crippen LogP contribution in [0.5, 0.6) is 5.75 Å². The van der Waals surface area contributed by atoms with Gasteiger partial charge < -0.3 is 10.1 Å². The molecule has 0 spiro atoms. The predicted molar refractivity (Wildman–Crippen MR) is 101 cm³/mol. The largest absolute Gasteiger partial charge is 0.492 e. The van der Waals surface area contributed by atoms with Crippen LogP contribution >= 0.6 is 23.2 Å². The fraction of sp³-hybridized carbons (Fsp3) is 0.263. The molecule has 136 valence electrons. The number of carbonyl (C=O) groups excluding carboxylic acids is 2. The van der Waals surface area contributed by atoms with E-state index < -0.39 is 11.6 Å². The summed E-state index contributed by atoms with van der Waals surface area (Å²) in [7, 11) is 0. The Morgan fingerprint density at radius 3 is 2.62 bits per heavy atom. The van der Waals surface area contributed by atoms with Gasteiger partial charge in [-0.1, -0.05) is 41.4 Å². The van der Waals surface area contributed by atoms with Gasteiger partial charge in [0.25, 0.3) is 5.91 Å².